The summed E-state index contributed by atoms with van der Waals surface area (Å²) in [7, 11) is 1.68. The van der Waals surface area contributed by atoms with Gasteiger partial charge in [-0.15, -0.1) is 0 Å². The molecule has 0 fully saturated rings. The van der Waals surface area contributed by atoms with E-state index in [2.05, 4.69) is 41.5 Å². The summed E-state index contributed by atoms with van der Waals surface area (Å²) in [6.07, 6.45) is 0. The number of aromatic nitrogens is 3. The van der Waals surface area contributed by atoms with Gasteiger partial charge >= 0.3 is 0 Å². The highest BCUT2D eigenvalue weighted by Crippen LogP contribution is 2.36. The maximum Gasteiger partial charge on any atom is 0.233 e. The minimum absolute atomic E-state index is 0.0705. The first-order chi connectivity index (χ1) is 9.01. The monoisotopic (exact) mass is 381 g/mol. The Balaban J connectivity index is 2.36. The molecule has 0 aliphatic rings. The molecule has 0 atom stereocenters. The van der Waals surface area contributed by atoms with E-state index in [0.717, 1.165) is 0 Å². The van der Waals surface area contributed by atoms with Gasteiger partial charge in [0.1, 0.15) is 0 Å². The average molecular weight is 383 g/mol. The van der Waals surface area contributed by atoms with Crippen LogP contribution in [0, 0.1) is 0 Å². The molecular formula is C10H7BrCl3N5. The molecule has 0 aliphatic carbocycles. The molecule has 2 rings (SSSR count). The number of rotatable bonds is 3. The predicted molar refractivity (Wildman–Crippen MR) is 81.8 cm³/mol. The molecule has 2 N–H and O–H groups in total. The highest BCUT2D eigenvalue weighted by Gasteiger charge is 2.11. The first kappa shape index (κ1) is 14.6. The van der Waals surface area contributed by atoms with Crippen LogP contribution >= 0.6 is 50.7 Å². The van der Waals surface area contributed by atoms with Crippen LogP contribution in [0.1, 0.15) is 0 Å². The van der Waals surface area contributed by atoms with Crippen LogP contribution in [0.15, 0.2) is 16.6 Å². The zero-order valence-electron chi connectivity index (χ0n) is 9.51. The Morgan fingerprint density at radius 3 is 2.37 bits per heavy atom. The zero-order chi connectivity index (χ0) is 14.0. The second-order valence-electron chi connectivity index (χ2n) is 3.35. The summed E-state index contributed by atoms with van der Waals surface area (Å²) in [6, 6.07) is 3.51. The molecule has 0 radical (unpaired) electrons. The number of anilines is 3. The Kier molecular flexibility index (Phi) is 4.67. The minimum atomic E-state index is 0.0705. The number of hydrogen-bond acceptors (Lipinski definition) is 5. The molecule has 9 heteroatoms. The number of halogens is 4. The summed E-state index contributed by atoms with van der Waals surface area (Å²) in [4.78, 5) is 11.9. The highest BCUT2D eigenvalue weighted by atomic mass is 79.9. The van der Waals surface area contributed by atoms with Crippen LogP contribution in [0.3, 0.4) is 0 Å². The fourth-order valence-electron chi connectivity index (χ4n) is 1.26. The lowest BCUT2D eigenvalue weighted by atomic mass is 10.3. The smallest absolute Gasteiger partial charge is 0.233 e. The third-order valence-corrected chi connectivity index (χ3v) is 4.05. The molecule has 0 spiro atoms. The van der Waals surface area contributed by atoms with E-state index >= 15 is 0 Å². The molecule has 0 unspecified atom stereocenters. The molecule has 0 saturated carbocycles. The van der Waals surface area contributed by atoms with Crippen molar-refractivity contribution in [2.45, 2.75) is 0 Å². The largest absolute Gasteiger partial charge is 0.357 e. The predicted octanol–water partition coefficient (Wildman–Crippen LogP) is 4.38. The summed E-state index contributed by atoms with van der Waals surface area (Å²) in [5, 5.41) is 6.54. The molecule has 5 nitrogen and oxygen atoms in total. The number of benzene rings is 1. The first-order valence-electron chi connectivity index (χ1n) is 5.01. The fraction of sp³-hybridized carbons (Fsp3) is 0.100. The van der Waals surface area contributed by atoms with Gasteiger partial charge in [-0.3, -0.25) is 0 Å². The molecule has 2 aromatic rings. The maximum atomic E-state index is 6.12. The van der Waals surface area contributed by atoms with Crippen LogP contribution in [0.5, 0.6) is 0 Å². The van der Waals surface area contributed by atoms with Gasteiger partial charge in [0.2, 0.25) is 17.2 Å². The topological polar surface area (TPSA) is 62.7 Å². The van der Waals surface area contributed by atoms with Crippen LogP contribution in [-0.2, 0) is 0 Å². The number of hydrogen-bond donors (Lipinski definition) is 2. The van der Waals surface area contributed by atoms with E-state index in [1.165, 1.54) is 0 Å². The van der Waals surface area contributed by atoms with Crippen molar-refractivity contribution >= 4 is 68.3 Å². The third-order valence-electron chi connectivity index (χ3n) is 2.11. The van der Waals surface area contributed by atoms with E-state index in [1.54, 1.807) is 19.2 Å². The Labute approximate surface area is 132 Å². The summed E-state index contributed by atoms with van der Waals surface area (Å²) in [5.74, 6) is 0.617. The van der Waals surface area contributed by atoms with Crippen LogP contribution < -0.4 is 10.6 Å². The quantitative estimate of drug-likeness (QED) is 0.770. The Hall–Kier alpha value is -0.820. The molecule has 0 saturated heterocycles. The van der Waals surface area contributed by atoms with E-state index in [4.69, 9.17) is 34.8 Å². The van der Waals surface area contributed by atoms with Crippen LogP contribution in [0.2, 0.25) is 15.3 Å². The standard InChI is InChI=1S/C10H7BrCl3N5/c1-15-9-17-8(14)18-10(19-9)16-5-3-2-4(11)6(12)7(5)13/h2-3H,1H3,(H2,15,16,17,18,19). The molecule has 100 valence electrons. The van der Waals surface area contributed by atoms with Crippen molar-refractivity contribution in [2.75, 3.05) is 17.7 Å². The number of nitrogens with zero attached hydrogens (tertiary/aromatic N) is 3. The molecule has 0 aliphatic heterocycles. The van der Waals surface area contributed by atoms with Gasteiger partial charge in [0, 0.05) is 11.5 Å². The van der Waals surface area contributed by atoms with Gasteiger partial charge in [-0.05, 0) is 39.7 Å². The summed E-state index contributed by atoms with van der Waals surface area (Å²) < 4.78 is 0.703. The SMILES string of the molecule is CNc1nc(Cl)nc(Nc2ccc(Br)c(Cl)c2Cl)n1. The highest BCUT2D eigenvalue weighted by molar-refractivity contribution is 9.10. The lowest BCUT2D eigenvalue weighted by molar-refractivity contribution is 1.05. The lowest BCUT2D eigenvalue weighted by Crippen LogP contribution is -2.04. The van der Waals surface area contributed by atoms with Gasteiger partial charge in [0.25, 0.3) is 0 Å². The van der Waals surface area contributed by atoms with Crippen molar-refractivity contribution in [3.8, 4) is 0 Å². The average Bonchev–Trinajstić information content (AvgIpc) is 2.39. The number of nitrogens with one attached hydrogen (secondary N) is 2. The van der Waals surface area contributed by atoms with Gasteiger partial charge in [-0.2, -0.15) is 15.0 Å². The molecule has 0 bridgehead atoms. The van der Waals surface area contributed by atoms with Crippen molar-refractivity contribution in [3.63, 3.8) is 0 Å². The van der Waals surface area contributed by atoms with Gasteiger partial charge < -0.3 is 10.6 Å². The van der Waals surface area contributed by atoms with Crippen LogP contribution in [0.4, 0.5) is 17.6 Å². The van der Waals surface area contributed by atoms with E-state index in [0.29, 0.717) is 26.2 Å². The van der Waals surface area contributed by atoms with E-state index in [-0.39, 0.29) is 11.2 Å². The molecular weight excluding hydrogens is 376 g/mol. The van der Waals surface area contributed by atoms with E-state index in [9.17, 15) is 0 Å². The van der Waals surface area contributed by atoms with Crippen molar-refractivity contribution in [1.29, 1.82) is 0 Å². The Bertz CT molecular complexity index is 622. The summed E-state index contributed by atoms with van der Waals surface area (Å²) >= 11 is 21.2. The zero-order valence-corrected chi connectivity index (χ0v) is 13.4. The molecule has 19 heavy (non-hydrogen) atoms. The molecule has 1 heterocycles. The van der Waals surface area contributed by atoms with Crippen LogP contribution in [-0.4, -0.2) is 22.0 Å². The maximum absolute atomic E-state index is 6.12. The van der Waals surface area contributed by atoms with Gasteiger partial charge in [-0.25, -0.2) is 0 Å². The molecule has 1 aromatic heterocycles. The fourth-order valence-corrected chi connectivity index (χ4v) is 2.24. The normalized spacial score (nSPS) is 10.4. The second kappa shape index (κ2) is 6.09. The van der Waals surface area contributed by atoms with Gasteiger partial charge in [0.05, 0.1) is 15.7 Å². The second-order valence-corrected chi connectivity index (χ2v) is 5.30. The molecule has 0 amide bonds. The Morgan fingerprint density at radius 2 is 1.68 bits per heavy atom. The van der Waals surface area contributed by atoms with Gasteiger partial charge in [0.15, 0.2) is 0 Å². The van der Waals surface area contributed by atoms with E-state index in [1.807, 2.05) is 0 Å². The van der Waals surface area contributed by atoms with Crippen molar-refractivity contribution in [1.82, 2.24) is 15.0 Å². The lowest BCUT2D eigenvalue weighted by Gasteiger charge is -2.09. The van der Waals surface area contributed by atoms with Crippen LogP contribution in [0.25, 0.3) is 0 Å². The van der Waals surface area contributed by atoms with Crippen molar-refractivity contribution < 1.29 is 0 Å². The Morgan fingerprint density at radius 1 is 1.00 bits per heavy atom. The minimum Gasteiger partial charge on any atom is -0.357 e. The first-order valence-corrected chi connectivity index (χ1v) is 6.94. The molecule has 1 aromatic carbocycles. The van der Waals surface area contributed by atoms with Crippen molar-refractivity contribution in [3.05, 3.63) is 31.9 Å². The van der Waals surface area contributed by atoms with E-state index < -0.39 is 0 Å². The summed E-state index contributed by atoms with van der Waals surface area (Å²) in [5.41, 5.74) is 0.569. The third kappa shape index (κ3) is 3.39. The van der Waals surface area contributed by atoms with Gasteiger partial charge in [-0.1, -0.05) is 23.2 Å². The summed E-state index contributed by atoms with van der Waals surface area (Å²) in [6.45, 7) is 0. The van der Waals surface area contributed by atoms with Crippen molar-refractivity contribution in [2.24, 2.45) is 0 Å².